The van der Waals surface area contributed by atoms with Crippen LogP contribution in [0.1, 0.15) is 23.2 Å². The molecule has 19 heavy (non-hydrogen) atoms. The summed E-state index contributed by atoms with van der Waals surface area (Å²) >= 11 is 0. The Hall–Kier alpha value is -2.24. The minimum atomic E-state index is -0.549. The molecule has 0 aromatic heterocycles. The maximum Gasteiger partial charge on any atom is 0.344 e. The summed E-state index contributed by atoms with van der Waals surface area (Å²) in [4.78, 5) is 22.9. The fourth-order valence-electron chi connectivity index (χ4n) is 1.53. The van der Waals surface area contributed by atoms with Crippen molar-refractivity contribution in [1.29, 1.82) is 0 Å². The predicted octanol–water partition coefficient (Wildman–Crippen LogP) is 0.960. The zero-order valence-electron chi connectivity index (χ0n) is 11.1. The molecule has 0 unspecified atom stereocenters. The smallest absolute Gasteiger partial charge is 0.344 e. The highest BCUT2D eigenvalue weighted by molar-refractivity contribution is 5.98. The van der Waals surface area contributed by atoms with E-state index >= 15 is 0 Å². The molecule has 1 amide bonds. The van der Waals surface area contributed by atoms with Gasteiger partial charge in [0.25, 0.3) is 0 Å². The van der Waals surface area contributed by atoms with Gasteiger partial charge in [0.2, 0.25) is 5.91 Å². The van der Waals surface area contributed by atoms with Gasteiger partial charge < -0.3 is 20.5 Å². The molecular weight excluding hydrogens is 248 g/mol. The molecule has 0 aliphatic rings. The lowest BCUT2D eigenvalue weighted by Gasteiger charge is -2.10. The summed E-state index contributed by atoms with van der Waals surface area (Å²) in [5, 5.41) is 2.49. The van der Waals surface area contributed by atoms with Crippen LogP contribution in [0.4, 0.5) is 5.69 Å². The summed E-state index contributed by atoms with van der Waals surface area (Å²) in [6.07, 6.45) is 0.769. The Bertz CT molecular complexity index is 460. The Morgan fingerprint density at radius 3 is 2.74 bits per heavy atom. The van der Waals surface area contributed by atoms with E-state index in [2.05, 4.69) is 5.32 Å². The quantitative estimate of drug-likeness (QED) is 0.454. The molecule has 0 radical (unpaired) electrons. The Labute approximate surface area is 111 Å². The van der Waals surface area contributed by atoms with E-state index in [9.17, 15) is 9.59 Å². The molecule has 0 aliphatic heterocycles. The van der Waals surface area contributed by atoms with Crippen molar-refractivity contribution < 1.29 is 19.1 Å². The van der Waals surface area contributed by atoms with Crippen molar-refractivity contribution in [3.05, 3.63) is 23.8 Å². The standard InChI is InChI=1S/C13H18N2O4/c1-15-11(16)7-4-8-19-13(17)12-9(14)5-3-6-10(12)18-2/h3,5-6H,4,7-8,14H2,1-2H3,(H,15,16). The molecule has 0 saturated heterocycles. The first-order valence-corrected chi connectivity index (χ1v) is 5.90. The van der Waals surface area contributed by atoms with Crippen molar-refractivity contribution in [1.82, 2.24) is 5.32 Å². The van der Waals surface area contributed by atoms with Gasteiger partial charge in [-0.15, -0.1) is 0 Å². The average molecular weight is 266 g/mol. The summed E-state index contributed by atoms with van der Waals surface area (Å²) in [5.74, 6) is -0.268. The van der Waals surface area contributed by atoms with E-state index < -0.39 is 5.97 Å². The number of rotatable bonds is 6. The van der Waals surface area contributed by atoms with Gasteiger partial charge in [0.1, 0.15) is 11.3 Å². The number of hydrogen-bond acceptors (Lipinski definition) is 5. The second-order valence-corrected chi connectivity index (χ2v) is 3.84. The molecule has 0 heterocycles. The van der Waals surface area contributed by atoms with Crippen LogP contribution in [0, 0.1) is 0 Å². The maximum atomic E-state index is 11.9. The van der Waals surface area contributed by atoms with Gasteiger partial charge in [-0.1, -0.05) is 6.07 Å². The van der Waals surface area contributed by atoms with Gasteiger partial charge >= 0.3 is 5.97 Å². The topological polar surface area (TPSA) is 90.7 Å². The summed E-state index contributed by atoms with van der Waals surface area (Å²) in [5.41, 5.74) is 6.24. The summed E-state index contributed by atoms with van der Waals surface area (Å²) < 4.78 is 10.1. The van der Waals surface area contributed by atoms with Crippen LogP contribution in [0.2, 0.25) is 0 Å². The van der Waals surface area contributed by atoms with E-state index in [1.165, 1.54) is 7.11 Å². The van der Waals surface area contributed by atoms with E-state index in [0.29, 0.717) is 24.3 Å². The van der Waals surface area contributed by atoms with Crippen molar-refractivity contribution in [2.75, 3.05) is 26.5 Å². The van der Waals surface area contributed by atoms with Crippen LogP contribution in [-0.2, 0) is 9.53 Å². The molecule has 0 atom stereocenters. The fourth-order valence-corrected chi connectivity index (χ4v) is 1.53. The minimum absolute atomic E-state index is 0.0899. The maximum absolute atomic E-state index is 11.9. The molecule has 1 aromatic carbocycles. The Morgan fingerprint density at radius 1 is 1.37 bits per heavy atom. The van der Waals surface area contributed by atoms with Gasteiger partial charge in [-0.05, 0) is 18.6 Å². The number of anilines is 1. The molecule has 1 aromatic rings. The van der Waals surface area contributed by atoms with E-state index in [1.807, 2.05) is 0 Å². The lowest BCUT2D eigenvalue weighted by atomic mass is 10.1. The average Bonchev–Trinajstić information content (AvgIpc) is 2.42. The molecule has 104 valence electrons. The second kappa shape index (κ2) is 7.25. The van der Waals surface area contributed by atoms with Crippen molar-refractivity contribution >= 4 is 17.6 Å². The number of carbonyl (C=O) groups excluding carboxylic acids is 2. The summed E-state index contributed by atoms with van der Waals surface area (Å²) in [6.45, 7) is 0.156. The molecule has 0 spiro atoms. The van der Waals surface area contributed by atoms with E-state index in [1.54, 1.807) is 25.2 Å². The van der Waals surface area contributed by atoms with Gasteiger partial charge in [0.15, 0.2) is 0 Å². The Morgan fingerprint density at radius 2 is 2.11 bits per heavy atom. The predicted molar refractivity (Wildman–Crippen MR) is 71.0 cm³/mol. The van der Waals surface area contributed by atoms with Gasteiger partial charge in [-0.2, -0.15) is 0 Å². The molecule has 0 fully saturated rings. The minimum Gasteiger partial charge on any atom is -0.496 e. The van der Waals surface area contributed by atoms with Crippen molar-refractivity contribution in [3.63, 3.8) is 0 Å². The van der Waals surface area contributed by atoms with Crippen molar-refractivity contribution in [2.45, 2.75) is 12.8 Å². The molecule has 6 nitrogen and oxygen atoms in total. The van der Waals surface area contributed by atoms with Gasteiger partial charge in [-0.3, -0.25) is 4.79 Å². The third-order valence-electron chi connectivity index (χ3n) is 2.54. The van der Waals surface area contributed by atoms with Gasteiger partial charge in [0.05, 0.1) is 13.7 Å². The number of amides is 1. The number of nitrogen functional groups attached to an aromatic ring is 1. The third-order valence-corrected chi connectivity index (χ3v) is 2.54. The largest absolute Gasteiger partial charge is 0.496 e. The molecular formula is C13H18N2O4. The number of methoxy groups -OCH3 is 1. The number of esters is 1. The molecule has 1 rings (SSSR count). The first kappa shape index (κ1) is 14.8. The lowest BCUT2D eigenvalue weighted by Crippen LogP contribution is -2.18. The third kappa shape index (κ3) is 4.17. The Kier molecular flexibility index (Phi) is 5.66. The van der Waals surface area contributed by atoms with Crippen LogP contribution >= 0.6 is 0 Å². The highest BCUT2D eigenvalue weighted by atomic mass is 16.5. The van der Waals surface area contributed by atoms with Crippen LogP contribution in [0.15, 0.2) is 18.2 Å². The number of nitrogens with one attached hydrogen (secondary N) is 1. The van der Waals surface area contributed by atoms with Crippen molar-refractivity contribution in [2.24, 2.45) is 0 Å². The first-order valence-electron chi connectivity index (χ1n) is 5.90. The first-order chi connectivity index (χ1) is 9.10. The number of ether oxygens (including phenoxy) is 2. The van der Waals surface area contributed by atoms with E-state index in [4.69, 9.17) is 15.2 Å². The monoisotopic (exact) mass is 266 g/mol. The number of hydrogen-bond donors (Lipinski definition) is 2. The summed E-state index contributed by atoms with van der Waals surface area (Å²) in [6, 6.07) is 4.93. The zero-order valence-corrected chi connectivity index (χ0v) is 11.1. The highest BCUT2D eigenvalue weighted by Crippen LogP contribution is 2.24. The molecule has 3 N–H and O–H groups in total. The van der Waals surface area contributed by atoms with Crippen LogP contribution in [0.5, 0.6) is 5.75 Å². The molecule has 0 aliphatic carbocycles. The second-order valence-electron chi connectivity index (χ2n) is 3.84. The van der Waals surface area contributed by atoms with E-state index in [-0.39, 0.29) is 18.1 Å². The zero-order chi connectivity index (χ0) is 14.3. The highest BCUT2D eigenvalue weighted by Gasteiger charge is 2.17. The Balaban J connectivity index is 2.57. The summed E-state index contributed by atoms with van der Waals surface area (Å²) in [7, 11) is 3.01. The van der Waals surface area contributed by atoms with Gasteiger partial charge in [0, 0.05) is 19.2 Å². The van der Waals surface area contributed by atoms with Crippen LogP contribution < -0.4 is 15.8 Å². The van der Waals surface area contributed by atoms with Crippen molar-refractivity contribution in [3.8, 4) is 5.75 Å². The number of carbonyl (C=O) groups is 2. The SMILES string of the molecule is CNC(=O)CCCOC(=O)c1c(N)cccc1OC. The number of benzene rings is 1. The number of nitrogens with two attached hydrogens (primary N) is 1. The van der Waals surface area contributed by atoms with E-state index in [0.717, 1.165) is 0 Å². The fraction of sp³-hybridized carbons (Fsp3) is 0.385. The van der Waals surface area contributed by atoms with Crippen LogP contribution in [0.25, 0.3) is 0 Å². The lowest BCUT2D eigenvalue weighted by molar-refractivity contribution is -0.120. The molecule has 6 heteroatoms. The normalized spacial score (nSPS) is 9.79. The van der Waals surface area contributed by atoms with Gasteiger partial charge in [-0.25, -0.2) is 4.79 Å². The molecule has 0 saturated carbocycles. The van der Waals surface area contributed by atoms with Crippen LogP contribution in [0.3, 0.4) is 0 Å². The van der Waals surface area contributed by atoms with Crippen LogP contribution in [-0.4, -0.2) is 32.6 Å². The molecule has 0 bridgehead atoms.